The zero-order valence-electron chi connectivity index (χ0n) is 15.2. The average molecular weight is 357 g/mol. The minimum absolute atomic E-state index is 0.107. The van der Waals surface area contributed by atoms with E-state index in [0.717, 1.165) is 24.3 Å². The van der Waals surface area contributed by atoms with Gasteiger partial charge in [0.05, 0.1) is 24.4 Å². The molecule has 1 aliphatic heterocycles. The summed E-state index contributed by atoms with van der Waals surface area (Å²) >= 11 is 0. The van der Waals surface area contributed by atoms with Crippen LogP contribution in [0.15, 0.2) is 34.9 Å². The smallest absolute Gasteiger partial charge is 0.337 e. The molecule has 0 saturated carbocycles. The van der Waals surface area contributed by atoms with Crippen LogP contribution in [0.5, 0.6) is 0 Å². The molecule has 0 spiro atoms. The Hall–Kier alpha value is -2.83. The largest absolute Gasteiger partial charge is 0.465 e. The van der Waals surface area contributed by atoms with Crippen LogP contribution >= 0.6 is 0 Å². The molecule has 0 unspecified atom stereocenters. The number of hydrogen-bond donors (Lipinski definition) is 1. The van der Waals surface area contributed by atoms with Crippen molar-refractivity contribution in [1.82, 2.24) is 10.1 Å². The monoisotopic (exact) mass is 357 g/mol. The summed E-state index contributed by atoms with van der Waals surface area (Å²) in [5.74, 6) is 0.598. The Morgan fingerprint density at radius 1 is 1.31 bits per heavy atom. The Balaban J connectivity index is 1.69. The van der Waals surface area contributed by atoms with Gasteiger partial charge in [-0.25, -0.2) is 9.59 Å². The van der Waals surface area contributed by atoms with Crippen LogP contribution in [0.4, 0.5) is 10.5 Å². The average Bonchev–Trinajstić information content (AvgIpc) is 3.30. The summed E-state index contributed by atoms with van der Waals surface area (Å²) in [5.41, 5.74) is 1.95. The maximum absolute atomic E-state index is 12.7. The molecule has 1 aromatic heterocycles. The number of urea groups is 1. The summed E-state index contributed by atoms with van der Waals surface area (Å²) in [6.45, 7) is 4.77. The highest BCUT2D eigenvalue weighted by Gasteiger charge is 2.33. The van der Waals surface area contributed by atoms with Gasteiger partial charge in [0.2, 0.25) is 0 Å². The van der Waals surface area contributed by atoms with Crippen LogP contribution < -0.4 is 5.32 Å². The molecule has 1 saturated heterocycles. The Labute approximate surface area is 152 Å². The van der Waals surface area contributed by atoms with Crippen LogP contribution in [-0.4, -0.2) is 35.7 Å². The molecular formula is C19H23N3O4. The molecule has 26 heavy (non-hydrogen) atoms. The topological polar surface area (TPSA) is 84.7 Å². The molecule has 0 radical (unpaired) electrons. The van der Waals surface area contributed by atoms with Gasteiger partial charge < -0.3 is 19.5 Å². The highest BCUT2D eigenvalue weighted by molar-refractivity contribution is 5.92. The quantitative estimate of drug-likeness (QED) is 0.838. The molecule has 7 heteroatoms. The minimum atomic E-state index is -0.409. The summed E-state index contributed by atoms with van der Waals surface area (Å²) in [6.07, 6.45) is 1.76. The number of hydrogen-bond acceptors (Lipinski definition) is 5. The molecule has 2 aromatic rings. The van der Waals surface area contributed by atoms with Crippen molar-refractivity contribution in [3.05, 3.63) is 47.3 Å². The first-order valence-corrected chi connectivity index (χ1v) is 8.72. The molecule has 1 fully saturated rings. The molecule has 138 valence electrons. The fourth-order valence-electron chi connectivity index (χ4n) is 3.04. The molecule has 3 rings (SSSR count). The molecule has 0 aliphatic carbocycles. The normalized spacial score (nSPS) is 16.8. The van der Waals surface area contributed by atoms with E-state index in [1.165, 1.54) is 7.11 Å². The second kappa shape index (κ2) is 7.59. The van der Waals surface area contributed by atoms with Crippen LogP contribution in [0.2, 0.25) is 0 Å². The van der Waals surface area contributed by atoms with Crippen molar-refractivity contribution in [2.24, 2.45) is 0 Å². The van der Waals surface area contributed by atoms with Gasteiger partial charge in [0.15, 0.2) is 5.76 Å². The number of likely N-dealkylation sites (tertiary alicyclic amines) is 1. The predicted molar refractivity (Wildman–Crippen MR) is 96.1 cm³/mol. The van der Waals surface area contributed by atoms with E-state index in [1.54, 1.807) is 29.2 Å². The Morgan fingerprint density at radius 3 is 2.65 bits per heavy atom. The summed E-state index contributed by atoms with van der Waals surface area (Å²) in [5, 5.41) is 6.97. The zero-order chi connectivity index (χ0) is 18.7. The number of carbonyl (C=O) groups excluding carboxylic acids is 2. The first-order chi connectivity index (χ1) is 12.5. The van der Waals surface area contributed by atoms with E-state index in [4.69, 9.17) is 4.52 Å². The lowest BCUT2D eigenvalue weighted by Crippen LogP contribution is -2.34. The second-order valence-corrected chi connectivity index (χ2v) is 6.66. The molecule has 1 aromatic carbocycles. The molecular weight excluding hydrogens is 334 g/mol. The fraction of sp³-hybridized carbons (Fsp3) is 0.421. The van der Waals surface area contributed by atoms with Crippen LogP contribution in [0.1, 0.15) is 60.5 Å². The van der Waals surface area contributed by atoms with Crippen LogP contribution in [0, 0.1) is 0 Å². The third-order valence-electron chi connectivity index (χ3n) is 4.54. The van der Waals surface area contributed by atoms with Gasteiger partial charge in [0.1, 0.15) is 0 Å². The van der Waals surface area contributed by atoms with Crippen molar-refractivity contribution in [3.63, 3.8) is 0 Å². The van der Waals surface area contributed by atoms with E-state index in [-0.39, 0.29) is 18.0 Å². The number of benzene rings is 1. The van der Waals surface area contributed by atoms with Gasteiger partial charge in [0, 0.05) is 18.3 Å². The van der Waals surface area contributed by atoms with Crippen LogP contribution in [0.3, 0.4) is 0 Å². The molecule has 2 amide bonds. The van der Waals surface area contributed by atoms with Crippen molar-refractivity contribution >= 4 is 17.7 Å². The van der Waals surface area contributed by atoms with Crippen molar-refractivity contribution in [2.45, 2.75) is 38.6 Å². The lowest BCUT2D eigenvalue weighted by Gasteiger charge is -2.23. The number of aromatic nitrogens is 1. The number of rotatable bonds is 4. The second-order valence-electron chi connectivity index (χ2n) is 6.66. The summed E-state index contributed by atoms with van der Waals surface area (Å²) in [7, 11) is 1.33. The van der Waals surface area contributed by atoms with Crippen molar-refractivity contribution in [3.8, 4) is 0 Å². The highest BCUT2D eigenvalue weighted by atomic mass is 16.5. The number of ether oxygens (including phenoxy) is 1. The van der Waals surface area contributed by atoms with Gasteiger partial charge in [-0.2, -0.15) is 0 Å². The Bertz CT molecular complexity index is 782. The third kappa shape index (κ3) is 3.71. The third-order valence-corrected chi connectivity index (χ3v) is 4.54. The predicted octanol–water partition coefficient (Wildman–Crippen LogP) is 3.95. The Morgan fingerprint density at radius 2 is 2.04 bits per heavy atom. The van der Waals surface area contributed by atoms with E-state index in [0.29, 0.717) is 17.8 Å². The molecule has 1 N–H and O–H groups in total. The van der Waals surface area contributed by atoms with Gasteiger partial charge in [-0.15, -0.1) is 0 Å². The van der Waals surface area contributed by atoms with E-state index in [9.17, 15) is 9.59 Å². The van der Waals surface area contributed by atoms with Crippen LogP contribution in [-0.2, 0) is 4.74 Å². The van der Waals surface area contributed by atoms with E-state index < -0.39 is 5.97 Å². The first kappa shape index (κ1) is 18.0. The summed E-state index contributed by atoms with van der Waals surface area (Å²) in [6, 6.07) is 8.24. The highest BCUT2D eigenvalue weighted by Crippen LogP contribution is 2.33. The van der Waals surface area contributed by atoms with E-state index in [2.05, 4.69) is 29.1 Å². The number of nitrogens with zero attached hydrogens (tertiary/aromatic N) is 2. The molecule has 7 nitrogen and oxygen atoms in total. The first-order valence-electron chi connectivity index (χ1n) is 8.72. The maximum atomic E-state index is 12.7. The molecule has 1 atom stereocenters. The molecule has 2 heterocycles. The van der Waals surface area contributed by atoms with Crippen molar-refractivity contribution in [2.75, 3.05) is 19.0 Å². The maximum Gasteiger partial charge on any atom is 0.337 e. The number of carbonyl (C=O) groups is 2. The SMILES string of the molecule is COC(=O)c1ccc(NC(=O)N2CCC[C@@H]2c2cc(C(C)C)no2)cc1. The molecule has 1 aliphatic rings. The zero-order valence-corrected chi connectivity index (χ0v) is 15.2. The lowest BCUT2D eigenvalue weighted by atomic mass is 10.1. The standard InChI is InChI=1S/C19H23N3O4/c1-12(2)15-11-17(26-21-15)16-5-4-10-22(16)19(24)20-14-8-6-13(7-9-14)18(23)25-3/h6-9,11-12,16H,4-5,10H2,1-3H3,(H,20,24)/t16-/m1/s1. The molecule has 0 bridgehead atoms. The van der Waals surface area contributed by atoms with E-state index >= 15 is 0 Å². The minimum Gasteiger partial charge on any atom is -0.465 e. The summed E-state index contributed by atoms with van der Waals surface area (Å²) in [4.78, 5) is 25.9. The van der Waals surface area contributed by atoms with Crippen LogP contribution in [0.25, 0.3) is 0 Å². The summed E-state index contributed by atoms with van der Waals surface area (Å²) < 4.78 is 10.1. The number of amides is 2. The van der Waals surface area contributed by atoms with Crippen molar-refractivity contribution in [1.29, 1.82) is 0 Å². The Kier molecular flexibility index (Phi) is 5.25. The van der Waals surface area contributed by atoms with E-state index in [1.807, 2.05) is 6.07 Å². The number of anilines is 1. The van der Waals surface area contributed by atoms with Gasteiger partial charge in [0.25, 0.3) is 0 Å². The van der Waals surface area contributed by atoms with Gasteiger partial charge in [-0.3, -0.25) is 0 Å². The fourth-order valence-corrected chi connectivity index (χ4v) is 3.04. The number of nitrogens with one attached hydrogen (secondary N) is 1. The number of methoxy groups -OCH3 is 1. The number of esters is 1. The van der Waals surface area contributed by atoms with Gasteiger partial charge >= 0.3 is 12.0 Å². The van der Waals surface area contributed by atoms with Crippen molar-refractivity contribution < 1.29 is 18.8 Å². The van der Waals surface area contributed by atoms with Gasteiger partial charge in [-0.05, 0) is 43.0 Å². The lowest BCUT2D eigenvalue weighted by molar-refractivity contribution is 0.0600. The van der Waals surface area contributed by atoms with Gasteiger partial charge in [-0.1, -0.05) is 19.0 Å².